The number of carboxylic acids is 1. The van der Waals surface area contributed by atoms with E-state index in [9.17, 15) is 13.2 Å². The van der Waals surface area contributed by atoms with Crippen molar-refractivity contribution >= 4 is 69.1 Å². The Morgan fingerprint density at radius 3 is 2.29 bits per heavy atom. The molecule has 1 aliphatic rings. The van der Waals surface area contributed by atoms with Gasteiger partial charge < -0.3 is 20.1 Å². The Hall–Kier alpha value is -3.42. The monoisotopic (exact) mass is 638 g/mol. The number of benzene rings is 3. The second-order valence-electron chi connectivity index (χ2n) is 9.79. The average molecular weight is 640 g/mol. The third kappa shape index (κ3) is 9.30. The van der Waals surface area contributed by atoms with Gasteiger partial charge in [0.25, 0.3) is 10.2 Å². The highest BCUT2D eigenvalue weighted by Gasteiger charge is 2.21. The van der Waals surface area contributed by atoms with Gasteiger partial charge in [-0.05, 0) is 59.7 Å². The fourth-order valence-electron chi connectivity index (χ4n) is 4.46. The third-order valence-corrected chi connectivity index (χ3v) is 8.22. The van der Waals surface area contributed by atoms with Gasteiger partial charge in [0.15, 0.2) is 0 Å². The molecule has 0 atom stereocenters. The molecule has 228 valence electrons. The van der Waals surface area contributed by atoms with Gasteiger partial charge in [-0.3, -0.25) is 15.6 Å². The molecule has 1 aliphatic heterocycles. The maximum atomic E-state index is 12.3. The average Bonchev–Trinajstić information content (AvgIpc) is 2.92. The van der Waals surface area contributed by atoms with Crippen LogP contribution in [0, 0.1) is 10.8 Å². The number of rotatable bonds is 10. The molecule has 0 aromatic heterocycles. The summed E-state index contributed by atoms with van der Waals surface area (Å²) >= 11 is 0. The zero-order valence-electron chi connectivity index (χ0n) is 23.3. The Kier molecular flexibility index (Phi) is 12.6. The van der Waals surface area contributed by atoms with Gasteiger partial charge in [-0.25, -0.2) is 0 Å². The lowest BCUT2D eigenvalue weighted by atomic mass is 10.0. The first-order chi connectivity index (χ1) is 19.0. The van der Waals surface area contributed by atoms with E-state index < -0.39 is 22.7 Å². The molecule has 0 unspecified atom stereocenters. The molecule has 5 N–H and O–H groups in total. The van der Waals surface area contributed by atoms with Crippen molar-refractivity contribution in [3.8, 4) is 5.75 Å². The van der Waals surface area contributed by atoms with E-state index in [4.69, 9.17) is 20.7 Å². The number of likely N-dealkylation sites (N-methyl/N-ethyl adjacent to an activating group) is 1. The minimum absolute atomic E-state index is 0. The van der Waals surface area contributed by atoms with Crippen molar-refractivity contribution in [2.75, 3.05) is 32.0 Å². The van der Waals surface area contributed by atoms with E-state index in [0.717, 1.165) is 52.4 Å². The normalized spacial score (nSPS) is 13.6. The summed E-state index contributed by atoms with van der Waals surface area (Å²) in [5, 5.41) is 30.1. The fourth-order valence-corrected chi connectivity index (χ4v) is 5.31. The summed E-state index contributed by atoms with van der Waals surface area (Å²) < 4.78 is 33.8. The first-order valence-corrected chi connectivity index (χ1v) is 14.3. The Morgan fingerprint density at radius 2 is 1.67 bits per heavy atom. The molecule has 0 amide bonds. The SMILES string of the molecule is CC(=N)N1CCC(Oc2ccc(NC(=N)c3ccc4ccc(CNS(=O)(=O)N(C)CC(=O)O)cc4c3)cc2)CC1.Cl.Cl. The number of anilines is 1. The Morgan fingerprint density at radius 1 is 1.02 bits per heavy atom. The molecule has 3 aromatic rings. The van der Waals surface area contributed by atoms with E-state index >= 15 is 0 Å². The fraction of sp³-hybridized carbons (Fsp3) is 0.321. The lowest BCUT2D eigenvalue weighted by Crippen LogP contribution is -2.40. The number of piperidine rings is 1. The van der Waals surface area contributed by atoms with Crippen molar-refractivity contribution in [2.24, 2.45) is 0 Å². The number of fused-ring (bicyclic) bond motifs is 1. The van der Waals surface area contributed by atoms with Crippen molar-refractivity contribution < 1.29 is 23.1 Å². The smallest absolute Gasteiger partial charge is 0.318 e. The van der Waals surface area contributed by atoms with Crippen LogP contribution in [0.4, 0.5) is 5.69 Å². The molecule has 3 aromatic carbocycles. The van der Waals surface area contributed by atoms with E-state index in [1.54, 1.807) is 13.0 Å². The van der Waals surface area contributed by atoms with E-state index in [-0.39, 0.29) is 43.3 Å². The number of hydrogen-bond donors (Lipinski definition) is 5. The number of amidine groups is 2. The van der Waals surface area contributed by atoms with Crippen LogP contribution in [-0.4, -0.2) is 73.2 Å². The van der Waals surface area contributed by atoms with Gasteiger partial charge in [0, 0.05) is 50.8 Å². The molecule has 4 rings (SSSR count). The number of ether oxygens (including phenoxy) is 1. The highest BCUT2D eigenvalue weighted by molar-refractivity contribution is 7.87. The number of hydrogen-bond acceptors (Lipinski definition) is 6. The molecule has 11 nitrogen and oxygen atoms in total. The first kappa shape index (κ1) is 34.8. The molecule has 42 heavy (non-hydrogen) atoms. The molecule has 0 bridgehead atoms. The van der Waals surface area contributed by atoms with Crippen molar-refractivity contribution in [1.82, 2.24) is 13.9 Å². The molecule has 1 saturated heterocycles. The second-order valence-corrected chi connectivity index (χ2v) is 11.6. The van der Waals surface area contributed by atoms with E-state index in [2.05, 4.69) is 14.9 Å². The zero-order chi connectivity index (χ0) is 28.9. The predicted octanol–water partition coefficient (Wildman–Crippen LogP) is 4.31. The van der Waals surface area contributed by atoms with Gasteiger partial charge >= 0.3 is 5.97 Å². The van der Waals surface area contributed by atoms with Gasteiger partial charge in [0.2, 0.25) is 0 Å². The number of halogens is 2. The topological polar surface area (TPSA) is 159 Å². The minimum atomic E-state index is -3.94. The van der Waals surface area contributed by atoms with Crippen LogP contribution in [0.25, 0.3) is 10.8 Å². The third-order valence-electron chi connectivity index (χ3n) is 6.76. The quantitative estimate of drug-likeness (QED) is 0.163. The summed E-state index contributed by atoms with van der Waals surface area (Å²) in [6.07, 6.45) is 1.87. The standard InChI is InChI=1S/C28H34N6O5S.2ClH/c1-19(29)34-13-11-26(12-14-34)39-25-9-7-24(8-10-25)32-28(30)22-6-5-21-4-3-20(15-23(21)16-22)17-31-40(37,38)33(2)18-27(35)36;;/h3-10,15-16,26,29,31H,11-14,17-18H2,1-2H3,(H2,30,32)(H,35,36);2*1H. The van der Waals surface area contributed by atoms with Gasteiger partial charge in [-0.15, -0.1) is 24.8 Å². The van der Waals surface area contributed by atoms with Crippen LogP contribution in [0.1, 0.15) is 30.9 Å². The number of carboxylic acid groups (broad SMARTS) is 1. The molecular weight excluding hydrogens is 603 g/mol. The maximum Gasteiger partial charge on any atom is 0.318 e. The predicted molar refractivity (Wildman–Crippen MR) is 170 cm³/mol. The van der Waals surface area contributed by atoms with Crippen molar-refractivity contribution in [3.05, 3.63) is 71.8 Å². The maximum absolute atomic E-state index is 12.3. The summed E-state index contributed by atoms with van der Waals surface area (Å²) in [5.74, 6) is 0.336. The summed E-state index contributed by atoms with van der Waals surface area (Å²) in [4.78, 5) is 12.9. The molecular formula is C28H36Cl2N6O5S. The molecule has 0 saturated carbocycles. The zero-order valence-corrected chi connectivity index (χ0v) is 25.7. The highest BCUT2D eigenvalue weighted by atomic mass is 35.5. The van der Waals surface area contributed by atoms with Crippen LogP contribution in [0.3, 0.4) is 0 Å². The van der Waals surface area contributed by atoms with Gasteiger partial charge in [-0.1, -0.05) is 24.3 Å². The van der Waals surface area contributed by atoms with Crippen molar-refractivity contribution in [3.63, 3.8) is 0 Å². The van der Waals surface area contributed by atoms with E-state index in [1.807, 2.05) is 54.6 Å². The largest absolute Gasteiger partial charge is 0.490 e. The van der Waals surface area contributed by atoms with Gasteiger partial charge in [0.05, 0.1) is 5.84 Å². The molecule has 0 radical (unpaired) electrons. The van der Waals surface area contributed by atoms with Crippen LogP contribution in [0.15, 0.2) is 60.7 Å². The number of carbonyl (C=O) groups is 1. The van der Waals surface area contributed by atoms with Crippen LogP contribution in [0.5, 0.6) is 5.75 Å². The number of nitrogens with one attached hydrogen (secondary N) is 4. The Bertz CT molecular complexity index is 1510. The van der Waals surface area contributed by atoms with Gasteiger partial charge in [-0.2, -0.15) is 17.4 Å². The summed E-state index contributed by atoms with van der Waals surface area (Å²) in [5.41, 5.74) is 2.12. The van der Waals surface area contributed by atoms with Crippen molar-refractivity contribution in [1.29, 1.82) is 10.8 Å². The molecule has 1 fully saturated rings. The summed E-state index contributed by atoms with van der Waals surface area (Å²) in [6.45, 7) is 2.82. The summed E-state index contributed by atoms with van der Waals surface area (Å²) in [6, 6.07) is 18.6. The van der Waals surface area contributed by atoms with Crippen LogP contribution in [-0.2, 0) is 21.5 Å². The lowest BCUT2D eigenvalue weighted by Gasteiger charge is -2.32. The van der Waals surface area contributed by atoms with Crippen LogP contribution < -0.4 is 14.8 Å². The van der Waals surface area contributed by atoms with E-state index in [1.165, 1.54) is 7.05 Å². The lowest BCUT2D eigenvalue weighted by molar-refractivity contribution is -0.137. The molecule has 1 heterocycles. The first-order valence-electron chi connectivity index (χ1n) is 12.9. The second kappa shape index (κ2) is 15.2. The summed E-state index contributed by atoms with van der Waals surface area (Å²) in [7, 11) is -2.74. The molecule has 0 spiro atoms. The molecule has 14 heteroatoms. The van der Waals surface area contributed by atoms with Crippen LogP contribution in [0.2, 0.25) is 0 Å². The number of nitrogens with zero attached hydrogens (tertiary/aromatic N) is 2. The number of likely N-dealkylation sites (tertiary alicyclic amines) is 1. The Labute approximate surface area is 258 Å². The Balaban J connectivity index is 0.00000308. The van der Waals surface area contributed by atoms with Gasteiger partial charge in [0.1, 0.15) is 24.2 Å². The highest BCUT2D eigenvalue weighted by Crippen LogP contribution is 2.23. The number of aliphatic carboxylic acids is 1. The van der Waals surface area contributed by atoms with E-state index in [0.29, 0.717) is 17.0 Å². The molecule has 0 aliphatic carbocycles. The minimum Gasteiger partial charge on any atom is -0.490 e. The van der Waals surface area contributed by atoms with Crippen molar-refractivity contribution in [2.45, 2.75) is 32.4 Å². The van der Waals surface area contributed by atoms with Crippen LogP contribution >= 0.6 is 24.8 Å².